The lowest BCUT2D eigenvalue weighted by atomic mass is 10.0. The Bertz CT molecular complexity index is 1340. The number of alkyl halides is 3. The molecule has 1 fully saturated rings. The molecule has 10 heteroatoms. The lowest BCUT2D eigenvalue weighted by Crippen LogP contribution is -2.15. The molecule has 176 valence electrons. The van der Waals surface area contributed by atoms with Crippen molar-refractivity contribution in [2.24, 2.45) is 13.0 Å². The van der Waals surface area contributed by atoms with Crippen LogP contribution in [0.15, 0.2) is 48.8 Å². The number of aryl methyl sites for hydroxylation is 1. The molecule has 34 heavy (non-hydrogen) atoms. The zero-order valence-corrected chi connectivity index (χ0v) is 19.3. The van der Waals surface area contributed by atoms with Gasteiger partial charge in [0, 0.05) is 30.2 Å². The van der Waals surface area contributed by atoms with Crippen molar-refractivity contribution in [1.29, 1.82) is 0 Å². The summed E-state index contributed by atoms with van der Waals surface area (Å²) in [6.45, 7) is -0.261. The summed E-state index contributed by atoms with van der Waals surface area (Å²) in [7, 11) is 1.79. The molecule has 0 radical (unpaired) electrons. The Hall–Kier alpha value is -3.27. The van der Waals surface area contributed by atoms with Crippen molar-refractivity contribution < 1.29 is 13.2 Å². The van der Waals surface area contributed by atoms with Crippen molar-refractivity contribution in [2.75, 3.05) is 11.9 Å². The van der Waals surface area contributed by atoms with Crippen molar-refractivity contribution in [3.63, 3.8) is 0 Å². The van der Waals surface area contributed by atoms with E-state index in [1.807, 2.05) is 24.3 Å². The number of rotatable bonds is 8. The summed E-state index contributed by atoms with van der Waals surface area (Å²) < 4.78 is 41.5. The largest absolute Gasteiger partial charge is 0.390 e. The third kappa shape index (κ3) is 4.82. The molecule has 3 aromatic heterocycles. The Balaban J connectivity index is 1.51. The van der Waals surface area contributed by atoms with E-state index >= 15 is 0 Å². The summed E-state index contributed by atoms with van der Waals surface area (Å²) in [6, 6.07) is 11.5. The molecule has 5 rings (SSSR count). The van der Waals surface area contributed by atoms with Gasteiger partial charge >= 0.3 is 6.18 Å². The highest BCUT2D eigenvalue weighted by Gasteiger charge is 2.27. The fraction of sp³-hybridized carbons (Fsp3) is 0.333. The van der Waals surface area contributed by atoms with Crippen LogP contribution < -0.4 is 5.32 Å². The van der Waals surface area contributed by atoms with Crippen molar-refractivity contribution in [1.82, 2.24) is 24.4 Å². The topological polar surface area (TPSA) is 60.0 Å². The molecule has 1 N–H and O–H groups in total. The van der Waals surface area contributed by atoms with Gasteiger partial charge in [0.15, 0.2) is 5.65 Å². The van der Waals surface area contributed by atoms with Gasteiger partial charge in [-0.3, -0.25) is 4.68 Å². The molecule has 0 aliphatic heterocycles. The summed E-state index contributed by atoms with van der Waals surface area (Å²) >= 11 is 5.59. The molecule has 0 amide bonds. The van der Waals surface area contributed by atoms with Crippen molar-refractivity contribution >= 4 is 28.4 Å². The van der Waals surface area contributed by atoms with Gasteiger partial charge in [0.2, 0.25) is 0 Å². The second-order valence-corrected chi connectivity index (χ2v) is 9.09. The summed E-state index contributed by atoms with van der Waals surface area (Å²) in [5, 5.41) is 11.8. The lowest BCUT2D eigenvalue weighted by Gasteiger charge is -2.12. The first-order chi connectivity index (χ1) is 16.3. The molecule has 1 aliphatic carbocycles. The van der Waals surface area contributed by atoms with Crippen LogP contribution in [0.4, 0.5) is 18.9 Å². The number of imidazole rings is 1. The minimum absolute atomic E-state index is 0.261. The molecular formula is C24H23F3N6S. The Labute approximate surface area is 199 Å². The standard InChI is InChI=1S/C24H23F3N6S/c1-32-20(8-10-30-32)18-13-19(28-11-9-24(25,26)27)23-29-14-21(33(23)31-18)16-4-6-17(7-5-16)22(34)12-15-2-3-15/h4-8,10,13-15,28H,2-3,9,11-12H2,1H3. The quantitative estimate of drug-likeness (QED) is 0.258. The van der Waals surface area contributed by atoms with Crippen molar-refractivity contribution in [3.05, 3.63) is 54.4 Å². The van der Waals surface area contributed by atoms with Crippen LogP contribution in [0.25, 0.3) is 28.3 Å². The molecule has 0 spiro atoms. The number of benzene rings is 1. The SMILES string of the molecule is Cn1nccc1-c1cc(NCCC(F)(F)F)c2ncc(-c3ccc(C(=S)CC4CC4)cc3)n2n1. The summed E-state index contributed by atoms with van der Waals surface area (Å²) in [5.41, 5.74) is 4.90. The number of thiocarbonyl (C=S) groups is 1. The Morgan fingerprint density at radius 1 is 1.15 bits per heavy atom. The molecule has 4 aromatic rings. The van der Waals surface area contributed by atoms with Crippen LogP contribution in [0.3, 0.4) is 0 Å². The molecule has 1 aromatic carbocycles. The van der Waals surface area contributed by atoms with Crippen LogP contribution in [0.2, 0.25) is 0 Å². The monoisotopic (exact) mass is 484 g/mol. The van der Waals surface area contributed by atoms with E-state index in [1.54, 1.807) is 40.8 Å². The number of hydrogen-bond donors (Lipinski definition) is 1. The van der Waals surface area contributed by atoms with E-state index in [0.29, 0.717) is 17.0 Å². The van der Waals surface area contributed by atoms with Gasteiger partial charge < -0.3 is 5.32 Å². The highest BCUT2D eigenvalue weighted by molar-refractivity contribution is 7.80. The Kier molecular flexibility index (Phi) is 5.85. The zero-order valence-electron chi connectivity index (χ0n) is 18.5. The molecule has 3 heterocycles. The van der Waals surface area contributed by atoms with E-state index < -0.39 is 12.6 Å². The fourth-order valence-electron chi connectivity index (χ4n) is 3.91. The van der Waals surface area contributed by atoms with Crippen LogP contribution in [-0.4, -0.2) is 42.0 Å². The maximum absolute atomic E-state index is 12.7. The van der Waals surface area contributed by atoms with Crippen LogP contribution >= 0.6 is 12.2 Å². The van der Waals surface area contributed by atoms with Crippen molar-refractivity contribution in [2.45, 2.75) is 31.9 Å². The van der Waals surface area contributed by atoms with Gasteiger partial charge in [0.1, 0.15) is 5.69 Å². The van der Waals surface area contributed by atoms with E-state index in [4.69, 9.17) is 17.3 Å². The van der Waals surface area contributed by atoms with Gasteiger partial charge in [-0.1, -0.05) is 36.5 Å². The Morgan fingerprint density at radius 2 is 1.91 bits per heavy atom. The first-order valence-electron chi connectivity index (χ1n) is 11.1. The number of hydrogen-bond acceptors (Lipinski definition) is 5. The van der Waals surface area contributed by atoms with E-state index in [2.05, 4.69) is 15.4 Å². The number of nitrogens with zero attached hydrogens (tertiary/aromatic N) is 5. The van der Waals surface area contributed by atoms with Crippen LogP contribution in [-0.2, 0) is 7.05 Å². The number of nitrogens with one attached hydrogen (secondary N) is 1. The van der Waals surface area contributed by atoms with Crippen LogP contribution in [0.1, 0.15) is 31.2 Å². The molecule has 6 nitrogen and oxygen atoms in total. The van der Waals surface area contributed by atoms with Gasteiger partial charge in [0.25, 0.3) is 0 Å². The molecule has 1 saturated carbocycles. The maximum Gasteiger partial charge on any atom is 0.390 e. The average molecular weight is 485 g/mol. The van der Waals surface area contributed by atoms with Crippen molar-refractivity contribution in [3.8, 4) is 22.6 Å². The van der Waals surface area contributed by atoms with E-state index in [9.17, 15) is 13.2 Å². The van der Waals surface area contributed by atoms with Gasteiger partial charge in [-0.05, 0) is 42.9 Å². The van der Waals surface area contributed by atoms with Gasteiger partial charge in [0.05, 0.1) is 29.7 Å². The number of halogens is 3. The first-order valence-corrected chi connectivity index (χ1v) is 11.5. The lowest BCUT2D eigenvalue weighted by molar-refractivity contribution is -0.131. The molecular weight excluding hydrogens is 461 g/mol. The molecule has 0 unspecified atom stereocenters. The predicted octanol–water partition coefficient (Wildman–Crippen LogP) is 5.68. The van der Waals surface area contributed by atoms with E-state index in [0.717, 1.165) is 39.7 Å². The average Bonchev–Trinajstić information content (AvgIpc) is 3.33. The second-order valence-electron chi connectivity index (χ2n) is 8.60. The van der Waals surface area contributed by atoms with Gasteiger partial charge in [-0.15, -0.1) is 0 Å². The maximum atomic E-state index is 12.7. The number of fused-ring (bicyclic) bond motifs is 1. The van der Waals surface area contributed by atoms with Gasteiger partial charge in [-0.2, -0.15) is 23.4 Å². The highest BCUT2D eigenvalue weighted by Crippen LogP contribution is 2.34. The molecule has 0 bridgehead atoms. The molecule has 0 atom stereocenters. The number of aromatic nitrogens is 5. The predicted molar refractivity (Wildman–Crippen MR) is 129 cm³/mol. The minimum atomic E-state index is -4.25. The van der Waals surface area contributed by atoms with Crippen LogP contribution in [0.5, 0.6) is 0 Å². The minimum Gasteiger partial charge on any atom is -0.382 e. The normalized spacial score (nSPS) is 14.0. The molecule has 1 aliphatic rings. The molecule has 0 saturated heterocycles. The number of anilines is 1. The first kappa shape index (κ1) is 22.5. The summed E-state index contributed by atoms with van der Waals surface area (Å²) in [5.74, 6) is 0.726. The third-order valence-corrected chi connectivity index (χ3v) is 6.35. The fourth-order valence-corrected chi connectivity index (χ4v) is 4.29. The summed E-state index contributed by atoms with van der Waals surface area (Å²) in [6.07, 6.45) is 1.60. The van der Waals surface area contributed by atoms with Gasteiger partial charge in [-0.25, -0.2) is 9.50 Å². The third-order valence-electron chi connectivity index (χ3n) is 5.95. The van der Waals surface area contributed by atoms with E-state index in [-0.39, 0.29) is 6.54 Å². The Morgan fingerprint density at radius 3 is 2.56 bits per heavy atom. The van der Waals surface area contributed by atoms with E-state index in [1.165, 1.54) is 12.8 Å². The second kappa shape index (κ2) is 8.83. The zero-order chi connectivity index (χ0) is 23.9. The smallest absolute Gasteiger partial charge is 0.382 e. The summed E-state index contributed by atoms with van der Waals surface area (Å²) in [4.78, 5) is 5.44. The van der Waals surface area contributed by atoms with Crippen LogP contribution in [0, 0.1) is 5.92 Å². The highest BCUT2D eigenvalue weighted by atomic mass is 32.1.